The first kappa shape index (κ1) is 16.4. The van der Waals surface area contributed by atoms with Gasteiger partial charge < -0.3 is 14.5 Å². The SMILES string of the molecule is O=C(O)c1c(N2CCCN3CCC[C@H]3C2)noc1-c1ccc(Cl)cc1. The van der Waals surface area contributed by atoms with Crippen LogP contribution >= 0.6 is 11.6 Å². The maximum Gasteiger partial charge on any atom is 0.343 e. The van der Waals surface area contributed by atoms with Gasteiger partial charge >= 0.3 is 5.97 Å². The normalized spacial score (nSPS) is 21.2. The lowest BCUT2D eigenvalue weighted by Gasteiger charge is -2.25. The molecule has 4 rings (SSSR count). The van der Waals surface area contributed by atoms with E-state index in [1.165, 1.54) is 6.42 Å². The van der Waals surface area contributed by atoms with E-state index in [0.717, 1.165) is 39.0 Å². The van der Waals surface area contributed by atoms with Gasteiger partial charge in [0.15, 0.2) is 17.1 Å². The number of aromatic carboxylic acids is 1. The van der Waals surface area contributed by atoms with Crippen LogP contribution in [0.25, 0.3) is 11.3 Å². The summed E-state index contributed by atoms with van der Waals surface area (Å²) in [6, 6.07) is 7.40. The number of rotatable bonds is 3. The van der Waals surface area contributed by atoms with Crippen LogP contribution in [-0.4, -0.2) is 53.4 Å². The molecule has 0 saturated carbocycles. The summed E-state index contributed by atoms with van der Waals surface area (Å²) in [4.78, 5) is 16.5. The molecule has 132 valence electrons. The first-order valence-electron chi connectivity index (χ1n) is 8.61. The molecule has 6 nitrogen and oxygen atoms in total. The minimum atomic E-state index is -1.02. The zero-order valence-electron chi connectivity index (χ0n) is 13.8. The molecule has 0 aliphatic carbocycles. The second-order valence-corrected chi connectivity index (χ2v) is 7.09. The highest BCUT2D eigenvalue weighted by Crippen LogP contribution is 2.34. The summed E-state index contributed by atoms with van der Waals surface area (Å²) in [6.07, 6.45) is 3.36. The fourth-order valence-corrected chi connectivity index (χ4v) is 4.01. The van der Waals surface area contributed by atoms with Crippen molar-refractivity contribution in [3.8, 4) is 11.3 Å². The highest BCUT2D eigenvalue weighted by Gasteiger charge is 2.33. The van der Waals surface area contributed by atoms with Gasteiger partial charge in [-0.15, -0.1) is 0 Å². The molecule has 2 saturated heterocycles. The molecule has 1 N–H and O–H groups in total. The molecule has 1 aromatic heterocycles. The Kier molecular flexibility index (Phi) is 4.39. The maximum absolute atomic E-state index is 11.9. The first-order valence-corrected chi connectivity index (χ1v) is 8.99. The van der Waals surface area contributed by atoms with Crippen LogP contribution in [0, 0.1) is 0 Å². The predicted octanol–water partition coefficient (Wildman–Crippen LogP) is 3.37. The molecule has 0 amide bonds. The Bertz CT molecular complexity index is 774. The minimum absolute atomic E-state index is 0.133. The van der Waals surface area contributed by atoms with Gasteiger partial charge in [-0.2, -0.15) is 0 Å². The fraction of sp³-hybridized carbons (Fsp3) is 0.444. The van der Waals surface area contributed by atoms with Gasteiger partial charge in [-0.3, -0.25) is 4.90 Å². The van der Waals surface area contributed by atoms with Crippen molar-refractivity contribution in [2.75, 3.05) is 31.1 Å². The lowest BCUT2D eigenvalue weighted by molar-refractivity contribution is 0.0697. The number of hydrogen-bond donors (Lipinski definition) is 1. The summed E-state index contributed by atoms with van der Waals surface area (Å²) >= 11 is 5.92. The third kappa shape index (κ3) is 3.12. The molecule has 0 radical (unpaired) electrons. The molecule has 2 fully saturated rings. The van der Waals surface area contributed by atoms with E-state index in [9.17, 15) is 9.90 Å². The number of anilines is 1. The van der Waals surface area contributed by atoms with Crippen molar-refractivity contribution in [3.05, 3.63) is 34.9 Å². The van der Waals surface area contributed by atoms with Crippen molar-refractivity contribution < 1.29 is 14.4 Å². The number of carbonyl (C=O) groups is 1. The van der Waals surface area contributed by atoms with Crippen LogP contribution in [0.1, 0.15) is 29.6 Å². The third-order valence-corrected chi connectivity index (χ3v) is 5.35. The van der Waals surface area contributed by atoms with E-state index in [1.54, 1.807) is 24.3 Å². The summed E-state index contributed by atoms with van der Waals surface area (Å²) in [5.74, 6) is -0.299. The molecule has 2 aliphatic rings. The van der Waals surface area contributed by atoms with E-state index in [-0.39, 0.29) is 11.3 Å². The molecule has 0 spiro atoms. The molecule has 0 bridgehead atoms. The van der Waals surface area contributed by atoms with Crippen molar-refractivity contribution in [2.24, 2.45) is 0 Å². The lowest BCUT2D eigenvalue weighted by Crippen LogP contribution is -2.37. The van der Waals surface area contributed by atoms with Gasteiger partial charge in [0.05, 0.1) is 0 Å². The van der Waals surface area contributed by atoms with Gasteiger partial charge in [0.1, 0.15) is 0 Å². The van der Waals surface area contributed by atoms with E-state index >= 15 is 0 Å². The quantitative estimate of drug-likeness (QED) is 0.903. The predicted molar refractivity (Wildman–Crippen MR) is 95.3 cm³/mol. The van der Waals surface area contributed by atoms with Crippen LogP contribution in [0.5, 0.6) is 0 Å². The number of carboxylic acids is 1. The van der Waals surface area contributed by atoms with Crippen LogP contribution in [0.2, 0.25) is 5.02 Å². The Morgan fingerprint density at radius 1 is 1.20 bits per heavy atom. The Labute approximate surface area is 151 Å². The van der Waals surface area contributed by atoms with E-state index < -0.39 is 5.97 Å². The Hall–Kier alpha value is -2.05. The van der Waals surface area contributed by atoms with Crippen molar-refractivity contribution in [3.63, 3.8) is 0 Å². The smallest absolute Gasteiger partial charge is 0.343 e. The standard InChI is InChI=1S/C18H20ClN3O3/c19-13-6-4-12(5-7-13)16-15(18(23)24)17(20-25-16)22-10-2-9-21-8-1-3-14(21)11-22/h4-7,14H,1-3,8-11H2,(H,23,24)/t14-/m0/s1. The largest absolute Gasteiger partial charge is 0.477 e. The number of nitrogens with zero attached hydrogens (tertiary/aromatic N) is 3. The lowest BCUT2D eigenvalue weighted by atomic mass is 10.1. The van der Waals surface area contributed by atoms with Gasteiger partial charge in [0.2, 0.25) is 0 Å². The van der Waals surface area contributed by atoms with Crippen molar-refractivity contribution in [1.29, 1.82) is 0 Å². The first-order chi connectivity index (χ1) is 12.1. The van der Waals surface area contributed by atoms with Crippen LogP contribution in [0.3, 0.4) is 0 Å². The molecule has 0 unspecified atom stereocenters. The van der Waals surface area contributed by atoms with Crippen LogP contribution in [0.4, 0.5) is 5.82 Å². The van der Waals surface area contributed by atoms with E-state index in [0.29, 0.717) is 22.4 Å². The molecular weight excluding hydrogens is 342 g/mol. The average molecular weight is 362 g/mol. The van der Waals surface area contributed by atoms with Crippen molar-refractivity contribution in [2.45, 2.75) is 25.3 Å². The number of benzene rings is 1. The molecule has 3 heterocycles. The summed E-state index contributed by atoms with van der Waals surface area (Å²) in [5, 5.41) is 14.5. The highest BCUT2D eigenvalue weighted by atomic mass is 35.5. The molecule has 2 aliphatic heterocycles. The van der Waals surface area contributed by atoms with Gasteiger partial charge in [0, 0.05) is 36.3 Å². The van der Waals surface area contributed by atoms with E-state index in [2.05, 4.69) is 15.0 Å². The Morgan fingerprint density at radius 2 is 1.96 bits per heavy atom. The highest BCUT2D eigenvalue weighted by molar-refractivity contribution is 6.30. The summed E-state index contributed by atoms with van der Waals surface area (Å²) in [6.45, 7) is 3.79. The van der Waals surface area contributed by atoms with Gasteiger partial charge in [-0.05, 0) is 50.1 Å². The zero-order valence-corrected chi connectivity index (χ0v) is 14.6. The van der Waals surface area contributed by atoms with Gasteiger partial charge in [-0.1, -0.05) is 16.8 Å². The monoisotopic (exact) mass is 361 g/mol. The van der Waals surface area contributed by atoms with Gasteiger partial charge in [0.25, 0.3) is 0 Å². The number of halogens is 1. The van der Waals surface area contributed by atoms with Gasteiger partial charge in [-0.25, -0.2) is 4.79 Å². The second-order valence-electron chi connectivity index (χ2n) is 6.65. The Balaban J connectivity index is 1.70. The molecule has 25 heavy (non-hydrogen) atoms. The molecule has 1 aromatic carbocycles. The maximum atomic E-state index is 11.9. The van der Waals surface area contributed by atoms with Crippen molar-refractivity contribution >= 4 is 23.4 Å². The summed E-state index contributed by atoms with van der Waals surface area (Å²) in [5.41, 5.74) is 0.798. The average Bonchev–Trinajstić information content (AvgIpc) is 3.18. The van der Waals surface area contributed by atoms with E-state index in [1.807, 2.05) is 0 Å². The molecule has 1 atom stereocenters. The fourth-order valence-electron chi connectivity index (χ4n) is 3.89. The van der Waals surface area contributed by atoms with Crippen LogP contribution in [0.15, 0.2) is 28.8 Å². The topological polar surface area (TPSA) is 69.8 Å². The van der Waals surface area contributed by atoms with Crippen molar-refractivity contribution in [1.82, 2.24) is 10.1 Å². The Morgan fingerprint density at radius 3 is 2.72 bits per heavy atom. The number of carboxylic acid groups (broad SMARTS) is 1. The summed E-state index contributed by atoms with van der Waals surface area (Å²) < 4.78 is 5.46. The summed E-state index contributed by atoms with van der Waals surface area (Å²) in [7, 11) is 0. The second kappa shape index (κ2) is 6.69. The minimum Gasteiger partial charge on any atom is -0.477 e. The van der Waals surface area contributed by atoms with E-state index in [4.69, 9.17) is 16.1 Å². The van der Waals surface area contributed by atoms with Crippen LogP contribution in [-0.2, 0) is 0 Å². The number of fused-ring (bicyclic) bond motifs is 1. The third-order valence-electron chi connectivity index (χ3n) is 5.10. The molecule has 7 heteroatoms. The molecule has 2 aromatic rings. The zero-order chi connectivity index (χ0) is 17.4. The van der Waals surface area contributed by atoms with Crippen LogP contribution < -0.4 is 4.90 Å². The number of aromatic nitrogens is 1. The number of hydrogen-bond acceptors (Lipinski definition) is 5. The molecular formula is C18H20ClN3O3.